The molecule has 2 aromatic carbocycles. The maximum absolute atomic E-state index is 13.5. The number of aliphatic carboxylic acids is 1. The molecule has 214 valence electrons. The summed E-state index contributed by atoms with van der Waals surface area (Å²) in [5.74, 6) is -2.50. The Morgan fingerprint density at radius 3 is 2.20 bits per heavy atom. The van der Waals surface area contributed by atoms with Gasteiger partial charge in [0.05, 0.1) is 6.04 Å². The van der Waals surface area contributed by atoms with Crippen LogP contribution in [0.15, 0.2) is 60.8 Å². The molecule has 1 heterocycles. The monoisotopic (exact) mass is 585 g/mol. The highest BCUT2D eigenvalue weighted by molar-refractivity contribution is 7.98. The van der Waals surface area contributed by atoms with Crippen molar-refractivity contribution < 1.29 is 24.3 Å². The van der Waals surface area contributed by atoms with E-state index in [-0.39, 0.29) is 25.0 Å². The molecular formula is C28H35N5O5S2. The number of fused-ring (bicyclic) bond motifs is 1. The zero-order chi connectivity index (χ0) is 29.1. The molecule has 3 aromatic rings. The minimum absolute atomic E-state index is 0.106. The fraction of sp³-hybridized carbons (Fsp3) is 0.357. The fourth-order valence-corrected chi connectivity index (χ4v) is 4.92. The first kappa shape index (κ1) is 31.1. The number of thioether (sulfide) groups is 1. The van der Waals surface area contributed by atoms with E-state index in [0.717, 1.165) is 22.0 Å². The van der Waals surface area contributed by atoms with Gasteiger partial charge in [-0.05, 0) is 42.0 Å². The molecule has 3 rings (SSSR count). The number of H-pyrrole nitrogens is 1. The minimum atomic E-state index is -1.23. The second-order valence-electron chi connectivity index (χ2n) is 9.35. The first-order chi connectivity index (χ1) is 19.2. The number of rotatable bonds is 15. The first-order valence-corrected chi connectivity index (χ1v) is 14.8. The molecule has 3 amide bonds. The second-order valence-corrected chi connectivity index (χ2v) is 10.7. The Morgan fingerprint density at radius 1 is 0.900 bits per heavy atom. The Bertz CT molecular complexity index is 1300. The van der Waals surface area contributed by atoms with E-state index >= 15 is 0 Å². The number of thiol groups is 1. The third-order valence-electron chi connectivity index (χ3n) is 6.41. The molecule has 0 saturated heterocycles. The lowest BCUT2D eigenvalue weighted by Gasteiger charge is -2.25. The molecule has 4 unspecified atom stereocenters. The van der Waals surface area contributed by atoms with Crippen LogP contribution in [-0.2, 0) is 32.0 Å². The number of carbonyl (C=O) groups excluding carboxylic acids is 3. The average molecular weight is 586 g/mol. The van der Waals surface area contributed by atoms with Gasteiger partial charge in [-0.1, -0.05) is 48.5 Å². The largest absolute Gasteiger partial charge is 0.480 e. The lowest BCUT2D eigenvalue weighted by molar-refractivity contribution is -0.141. The quantitative estimate of drug-likeness (QED) is 0.133. The van der Waals surface area contributed by atoms with E-state index in [1.165, 1.54) is 11.8 Å². The van der Waals surface area contributed by atoms with Crippen LogP contribution in [0.4, 0.5) is 0 Å². The van der Waals surface area contributed by atoms with Crippen molar-refractivity contribution in [2.24, 2.45) is 5.73 Å². The lowest BCUT2D eigenvalue weighted by Crippen LogP contribution is -2.58. The van der Waals surface area contributed by atoms with E-state index in [4.69, 9.17) is 5.73 Å². The van der Waals surface area contributed by atoms with Gasteiger partial charge in [-0.3, -0.25) is 14.4 Å². The summed E-state index contributed by atoms with van der Waals surface area (Å²) in [5, 5.41) is 18.2. The van der Waals surface area contributed by atoms with Gasteiger partial charge in [0.15, 0.2) is 0 Å². The number of nitrogens with one attached hydrogen (secondary N) is 4. The molecule has 0 aliphatic heterocycles. The number of hydrogen-bond donors (Lipinski definition) is 7. The van der Waals surface area contributed by atoms with Crippen LogP contribution in [0.25, 0.3) is 10.9 Å². The van der Waals surface area contributed by atoms with Gasteiger partial charge in [-0.2, -0.15) is 24.4 Å². The van der Waals surface area contributed by atoms with Gasteiger partial charge < -0.3 is 31.8 Å². The van der Waals surface area contributed by atoms with Crippen LogP contribution in [-0.4, -0.2) is 75.7 Å². The third-order valence-corrected chi connectivity index (χ3v) is 7.42. The predicted molar refractivity (Wildman–Crippen MR) is 160 cm³/mol. The number of amides is 3. The molecule has 4 atom stereocenters. The molecular weight excluding hydrogens is 550 g/mol. The van der Waals surface area contributed by atoms with Crippen molar-refractivity contribution in [2.45, 2.75) is 43.4 Å². The van der Waals surface area contributed by atoms with E-state index in [1.807, 2.05) is 67.0 Å². The molecule has 0 spiro atoms. The number of para-hydroxylation sites is 1. The predicted octanol–water partition coefficient (Wildman–Crippen LogP) is 1.50. The van der Waals surface area contributed by atoms with Crippen LogP contribution >= 0.6 is 24.4 Å². The standard InChI is InChI=1S/C28H35N5O5S2/c1-40-12-11-22(26(35)33-24(16-39)28(37)38)31-27(36)23(13-17-7-3-2-4-8-17)32-25(34)20(29)14-18-15-30-21-10-6-5-9-19(18)21/h2-10,15,20,22-24,30,39H,11-14,16,29H2,1H3,(H,31,36)(H,32,34)(H,33,35)(H,37,38). The van der Waals surface area contributed by atoms with Crippen LogP contribution in [0.1, 0.15) is 17.5 Å². The van der Waals surface area contributed by atoms with Crippen molar-refractivity contribution in [3.63, 3.8) is 0 Å². The average Bonchev–Trinajstić information content (AvgIpc) is 3.36. The number of benzene rings is 2. The molecule has 0 saturated carbocycles. The van der Waals surface area contributed by atoms with Crippen LogP contribution in [0.2, 0.25) is 0 Å². The van der Waals surface area contributed by atoms with Crippen LogP contribution in [0, 0.1) is 0 Å². The second kappa shape index (κ2) is 15.3. The summed E-state index contributed by atoms with van der Waals surface area (Å²) < 4.78 is 0. The lowest BCUT2D eigenvalue weighted by atomic mass is 10.0. The molecule has 12 heteroatoms. The number of aromatic amines is 1. The van der Waals surface area contributed by atoms with Gasteiger partial charge in [0.2, 0.25) is 17.7 Å². The number of carbonyl (C=O) groups is 4. The van der Waals surface area contributed by atoms with Crippen molar-refractivity contribution in [2.75, 3.05) is 17.8 Å². The number of aromatic nitrogens is 1. The molecule has 7 N–H and O–H groups in total. The Kier molecular flexibility index (Phi) is 11.9. The minimum Gasteiger partial charge on any atom is -0.480 e. The van der Waals surface area contributed by atoms with Crippen molar-refractivity contribution >= 4 is 59.0 Å². The van der Waals surface area contributed by atoms with Gasteiger partial charge in [0.25, 0.3) is 0 Å². The summed E-state index contributed by atoms with van der Waals surface area (Å²) in [6, 6.07) is 12.7. The zero-order valence-electron chi connectivity index (χ0n) is 22.1. The van der Waals surface area contributed by atoms with Crippen LogP contribution < -0.4 is 21.7 Å². The van der Waals surface area contributed by atoms with Gasteiger partial charge in [-0.25, -0.2) is 4.79 Å². The van der Waals surface area contributed by atoms with Gasteiger partial charge in [0, 0.05) is 29.3 Å². The molecule has 10 nitrogen and oxygen atoms in total. The number of carboxylic acids is 1. The van der Waals surface area contributed by atoms with E-state index in [1.54, 1.807) is 0 Å². The fourth-order valence-electron chi connectivity index (χ4n) is 4.20. The number of nitrogens with two attached hydrogens (primary N) is 1. The molecule has 0 radical (unpaired) electrons. The normalized spacial score (nSPS) is 14.1. The molecule has 0 fully saturated rings. The van der Waals surface area contributed by atoms with Crippen LogP contribution in [0.5, 0.6) is 0 Å². The van der Waals surface area contributed by atoms with E-state index in [2.05, 4.69) is 33.6 Å². The third kappa shape index (κ3) is 8.77. The highest BCUT2D eigenvalue weighted by Gasteiger charge is 2.30. The van der Waals surface area contributed by atoms with Gasteiger partial charge >= 0.3 is 5.97 Å². The summed E-state index contributed by atoms with van der Waals surface area (Å²) in [5.41, 5.74) is 8.89. The van der Waals surface area contributed by atoms with E-state index in [9.17, 15) is 24.3 Å². The maximum atomic E-state index is 13.5. The van der Waals surface area contributed by atoms with Crippen LogP contribution in [0.3, 0.4) is 0 Å². The van der Waals surface area contributed by atoms with E-state index in [0.29, 0.717) is 5.75 Å². The molecule has 1 aromatic heterocycles. The van der Waals surface area contributed by atoms with E-state index < -0.39 is 47.9 Å². The van der Waals surface area contributed by atoms with Gasteiger partial charge in [0.1, 0.15) is 18.1 Å². The summed E-state index contributed by atoms with van der Waals surface area (Å²) in [6.45, 7) is 0. The molecule has 0 bridgehead atoms. The number of hydrogen-bond acceptors (Lipinski definition) is 7. The highest BCUT2D eigenvalue weighted by Crippen LogP contribution is 2.19. The van der Waals surface area contributed by atoms with Crippen molar-refractivity contribution in [3.8, 4) is 0 Å². The summed E-state index contributed by atoms with van der Waals surface area (Å²) in [4.78, 5) is 54.1. The van der Waals surface area contributed by atoms with Crippen molar-refractivity contribution in [1.29, 1.82) is 0 Å². The molecule has 40 heavy (non-hydrogen) atoms. The Morgan fingerprint density at radius 2 is 1.52 bits per heavy atom. The topological polar surface area (TPSA) is 166 Å². The Hall–Kier alpha value is -3.48. The summed E-state index contributed by atoms with van der Waals surface area (Å²) in [6.07, 6.45) is 4.37. The van der Waals surface area contributed by atoms with Gasteiger partial charge in [-0.15, -0.1) is 0 Å². The van der Waals surface area contributed by atoms with Crippen molar-refractivity contribution in [1.82, 2.24) is 20.9 Å². The SMILES string of the molecule is CSCCC(NC(=O)C(Cc1ccccc1)NC(=O)C(N)Cc1c[nH]c2ccccc12)C(=O)NC(CS)C(=O)O. The first-order valence-electron chi connectivity index (χ1n) is 12.8. The molecule has 0 aliphatic carbocycles. The smallest absolute Gasteiger partial charge is 0.327 e. The molecule has 0 aliphatic rings. The Balaban J connectivity index is 1.75. The summed E-state index contributed by atoms with van der Waals surface area (Å²) >= 11 is 5.47. The van der Waals surface area contributed by atoms with Crippen molar-refractivity contribution in [3.05, 3.63) is 71.9 Å². The number of carboxylic acid groups (broad SMARTS) is 1. The summed E-state index contributed by atoms with van der Waals surface area (Å²) in [7, 11) is 0. The highest BCUT2D eigenvalue weighted by atomic mass is 32.2. The maximum Gasteiger partial charge on any atom is 0.327 e. The zero-order valence-corrected chi connectivity index (χ0v) is 23.8. The Labute approximate surface area is 242 Å².